The van der Waals surface area contributed by atoms with Gasteiger partial charge in [0.25, 0.3) is 11.8 Å². The van der Waals surface area contributed by atoms with Crippen molar-refractivity contribution in [2.45, 2.75) is 13.0 Å². The molecular formula is C19H17N3O2S. The number of carbonyl (C=O) groups is 2. The second-order valence-electron chi connectivity index (χ2n) is 5.49. The number of aromatic nitrogens is 1. The molecule has 0 fully saturated rings. The van der Waals surface area contributed by atoms with Gasteiger partial charge in [-0.25, -0.2) is 0 Å². The monoisotopic (exact) mass is 351 g/mol. The molecule has 25 heavy (non-hydrogen) atoms. The van der Waals surface area contributed by atoms with Gasteiger partial charge in [-0.2, -0.15) is 0 Å². The molecule has 1 atom stereocenters. The Morgan fingerprint density at radius 2 is 1.84 bits per heavy atom. The van der Waals surface area contributed by atoms with Crippen LogP contribution in [0.3, 0.4) is 0 Å². The van der Waals surface area contributed by atoms with Gasteiger partial charge in [0, 0.05) is 23.6 Å². The number of hydrogen-bond acceptors (Lipinski definition) is 4. The van der Waals surface area contributed by atoms with E-state index < -0.39 is 0 Å². The maximum Gasteiger partial charge on any atom is 0.265 e. The SMILES string of the molecule is CC(NC(=O)c1cccc(NC(=O)c2cccs2)c1)c1ccncc1. The molecule has 2 amide bonds. The average molecular weight is 351 g/mol. The first kappa shape index (κ1) is 16.9. The Balaban J connectivity index is 1.68. The normalized spacial score (nSPS) is 11.6. The Kier molecular flexibility index (Phi) is 5.20. The third-order valence-corrected chi connectivity index (χ3v) is 4.55. The van der Waals surface area contributed by atoms with Gasteiger partial charge in [-0.15, -0.1) is 11.3 Å². The summed E-state index contributed by atoms with van der Waals surface area (Å²) < 4.78 is 0. The average Bonchev–Trinajstić information content (AvgIpc) is 3.17. The number of carbonyl (C=O) groups excluding carboxylic acids is 2. The van der Waals surface area contributed by atoms with Crippen molar-refractivity contribution < 1.29 is 9.59 Å². The van der Waals surface area contributed by atoms with Crippen LogP contribution in [0, 0.1) is 0 Å². The predicted molar refractivity (Wildman–Crippen MR) is 98.8 cm³/mol. The number of anilines is 1. The van der Waals surface area contributed by atoms with E-state index in [1.54, 1.807) is 42.7 Å². The van der Waals surface area contributed by atoms with Gasteiger partial charge in [-0.1, -0.05) is 12.1 Å². The Hall–Kier alpha value is -2.99. The highest BCUT2D eigenvalue weighted by atomic mass is 32.1. The molecule has 0 saturated heterocycles. The van der Waals surface area contributed by atoms with Crippen LogP contribution >= 0.6 is 11.3 Å². The molecule has 0 radical (unpaired) electrons. The number of nitrogens with zero attached hydrogens (tertiary/aromatic N) is 1. The van der Waals surface area contributed by atoms with Crippen LogP contribution in [0.4, 0.5) is 5.69 Å². The summed E-state index contributed by atoms with van der Waals surface area (Å²) in [6, 6.07) is 14.1. The molecular weight excluding hydrogens is 334 g/mol. The van der Waals surface area contributed by atoms with Gasteiger partial charge in [-0.05, 0) is 54.3 Å². The number of pyridine rings is 1. The van der Waals surface area contributed by atoms with Gasteiger partial charge in [0.1, 0.15) is 0 Å². The third-order valence-electron chi connectivity index (χ3n) is 3.68. The van der Waals surface area contributed by atoms with Crippen molar-refractivity contribution in [2.75, 3.05) is 5.32 Å². The largest absolute Gasteiger partial charge is 0.346 e. The second kappa shape index (κ2) is 7.72. The Bertz CT molecular complexity index is 863. The molecule has 3 aromatic rings. The quantitative estimate of drug-likeness (QED) is 0.733. The maximum atomic E-state index is 12.5. The summed E-state index contributed by atoms with van der Waals surface area (Å²) >= 11 is 1.37. The molecule has 0 aliphatic heterocycles. The van der Waals surface area contributed by atoms with E-state index in [0.29, 0.717) is 16.1 Å². The van der Waals surface area contributed by atoms with E-state index in [4.69, 9.17) is 0 Å². The minimum Gasteiger partial charge on any atom is -0.346 e. The van der Waals surface area contributed by atoms with Gasteiger partial charge >= 0.3 is 0 Å². The minimum absolute atomic E-state index is 0.139. The van der Waals surface area contributed by atoms with Crippen molar-refractivity contribution in [3.05, 3.63) is 82.3 Å². The smallest absolute Gasteiger partial charge is 0.265 e. The molecule has 2 heterocycles. The summed E-state index contributed by atoms with van der Waals surface area (Å²) in [5.41, 5.74) is 2.05. The summed E-state index contributed by atoms with van der Waals surface area (Å²) in [6.07, 6.45) is 3.39. The minimum atomic E-state index is -0.198. The molecule has 2 N–H and O–H groups in total. The summed E-state index contributed by atoms with van der Waals surface area (Å²) in [6.45, 7) is 1.91. The first-order valence-electron chi connectivity index (χ1n) is 7.79. The molecule has 126 valence electrons. The van der Waals surface area contributed by atoms with Crippen LogP contribution in [0.25, 0.3) is 0 Å². The zero-order valence-electron chi connectivity index (χ0n) is 13.6. The van der Waals surface area contributed by atoms with E-state index in [9.17, 15) is 9.59 Å². The van der Waals surface area contributed by atoms with Crippen LogP contribution in [0.5, 0.6) is 0 Å². The van der Waals surface area contributed by atoms with E-state index in [1.807, 2.05) is 30.5 Å². The van der Waals surface area contributed by atoms with Gasteiger partial charge in [-0.3, -0.25) is 14.6 Å². The molecule has 6 heteroatoms. The van der Waals surface area contributed by atoms with Gasteiger partial charge in [0.15, 0.2) is 0 Å². The zero-order valence-corrected chi connectivity index (χ0v) is 14.4. The molecule has 0 saturated carbocycles. The van der Waals surface area contributed by atoms with E-state index >= 15 is 0 Å². The lowest BCUT2D eigenvalue weighted by atomic mass is 10.1. The van der Waals surface area contributed by atoms with E-state index in [2.05, 4.69) is 15.6 Å². The number of amides is 2. The molecule has 1 unspecified atom stereocenters. The lowest BCUT2D eigenvalue weighted by Gasteiger charge is -2.14. The highest BCUT2D eigenvalue weighted by molar-refractivity contribution is 7.12. The van der Waals surface area contributed by atoms with Crippen LogP contribution in [-0.2, 0) is 0 Å². The molecule has 0 spiro atoms. The molecule has 2 aromatic heterocycles. The lowest BCUT2D eigenvalue weighted by molar-refractivity contribution is 0.0938. The third kappa shape index (κ3) is 4.30. The number of benzene rings is 1. The molecule has 1 aromatic carbocycles. The number of hydrogen-bond donors (Lipinski definition) is 2. The van der Waals surface area contributed by atoms with Gasteiger partial charge in [0.2, 0.25) is 0 Å². The highest BCUT2D eigenvalue weighted by Crippen LogP contribution is 2.16. The van der Waals surface area contributed by atoms with Crippen molar-refractivity contribution in [3.8, 4) is 0 Å². The Morgan fingerprint density at radius 1 is 1.04 bits per heavy atom. The van der Waals surface area contributed by atoms with E-state index in [0.717, 1.165) is 5.56 Å². The summed E-state index contributed by atoms with van der Waals surface area (Å²) in [4.78, 5) is 29.2. The Morgan fingerprint density at radius 3 is 2.56 bits per heavy atom. The second-order valence-corrected chi connectivity index (χ2v) is 6.44. The van der Waals surface area contributed by atoms with Crippen LogP contribution in [0.15, 0.2) is 66.3 Å². The van der Waals surface area contributed by atoms with Crippen LogP contribution < -0.4 is 10.6 Å². The molecule has 3 rings (SSSR count). The standard InChI is InChI=1S/C19H17N3O2S/c1-13(14-7-9-20-10-8-14)21-18(23)15-4-2-5-16(12-15)22-19(24)17-6-3-11-25-17/h2-13H,1H3,(H,21,23)(H,22,24). The van der Waals surface area contributed by atoms with Crippen molar-refractivity contribution >= 4 is 28.8 Å². The van der Waals surface area contributed by atoms with E-state index in [1.165, 1.54) is 11.3 Å². The fraction of sp³-hybridized carbons (Fsp3) is 0.105. The van der Waals surface area contributed by atoms with Crippen molar-refractivity contribution in [2.24, 2.45) is 0 Å². The first-order chi connectivity index (χ1) is 12.1. The Labute approximate surface area is 149 Å². The molecule has 0 aliphatic carbocycles. The number of nitrogens with one attached hydrogen (secondary N) is 2. The summed E-state index contributed by atoms with van der Waals surface area (Å²) in [7, 11) is 0. The molecule has 0 aliphatic rings. The fourth-order valence-corrected chi connectivity index (χ4v) is 2.97. The van der Waals surface area contributed by atoms with Crippen LogP contribution in [-0.4, -0.2) is 16.8 Å². The van der Waals surface area contributed by atoms with E-state index in [-0.39, 0.29) is 17.9 Å². The molecule has 0 bridgehead atoms. The van der Waals surface area contributed by atoms with Crippen molar-refractivity contribution in [1.29, 1.82) is 0 Å². The highest BCUT2D eigenvalue weighted by Gasteiger charge is 2.13. The van der Waals surface area contributed by atoms with Crippen molar-refractivity contribution in [3.63, 3.8) is 0 Å². The van der Waals surface area contributed by atoms with Crippen LogP contribution in [0.1, 0.15) is 38.6 Å². The lowest BCUT2D eigenvalue weighted by Crippen LogP contribution is -2.26. The van der Waals surface area contributed by atoms with Gasteiger partial charge in [0.05, 0.1) is 10.9 Å². The van der Waals surface area contributed by atoms with Gasteiger partial charge < -0.3 is 10.6 Å². The number of rotatable bonds is 5. The zero-order chi connectivity index (χ0) is 17.6. The fourth-order valence-electron chi connectivity index (χ4n) is 2.35. The van der Waals surface area contributed by atoms with Crippen LogP contribution in [0.2, 0.25) is 0 Å². The molecule has 5 nitrogen and oxygen atoms in total. The number of thiophene rings is 1. The topological polar surface area (TPSA) is 71.1 Å². The van der Waals surface area contributed by atoms with Crippen molar-refractivity contribution in [1.82, 2.24) is 10.3 Å². The first-order valence-corrected chi connectivity index (χ1v) is 8.67. The predicted octanol–water partition coefficient (Wildman–Crippen LogP) is 3.89. The summed E-state index contributed by atoms with van der Waals surface area (Å²) in [5, 5.41) is 7.60. The maximum absolute atomic E-state index is 12.5. The summed E-state index contributed by atoms with van der Waals surface area (Å²) in [5.74, 6) is -0.380.